The molecule has 3 heteroatoms. The average molecular weight is 203 g/mol. The predicted octanol–water partition coefficient (Wildman–Crippen LogP) is 1.56. The third-order valence-corrected chi connectivity index (χ3v) is 3.69. The Labute approximate surface area is 88.1 Å². The van der Waals surface area contributed by atoms with Crippen LogP contribution in [-0.2, 0) is 4.79 Å². The maximum absolute atomic E-state index is 11.1. The average Bonchev–Trinajstić information content (AvgIpc) is 2.73. The minimum absolute atomic E-state index is 0.238. The van der Waals surface area contributed by atoms with Crippen molar-refractivity contribution >= 4 is 5.97 Å². The molecule has 1 aromatic carbocycles. The molecule has 0 amide bonds. The summed E-state index contributed by atoms with van der Waals surface area (Å²) < 4.78 is 0. The lowest BCUT2D eigenvalue weighted by Crippen LogP contribution is -2.50. The second-order valence-corrected chi connectivity index (χ2v) is 4.59. The molecule has 2 N–H and O–H groups in total. The van der Waals surface area contributed by atoms with Gasteiger partial charge in [0, 0.05) is 6.04 Å². The van der Waals surface area contributed by atoms with Crippen LogP contribution in [0, 0.1) is 5.92 Å². The van der Waals surface area contributed by atoms with E-state index >= 15 is 0 Å². The number of carbonyl (C=O) groups is 1. The molecule has 4 rings (SSSR count). The first kappa shape index (κ1) is 8.92. The van der Waals surface area contributed by atoms with Gasteiger partial charge in [0.1, 0.15) is 5.54 Å². The van der Waals surface area contributed by atoms with E-state index in [4.69, 9.17) is 5.11 Å². The van der Waals surface area contributed by atoms with Crippen molar-refractivity contribution in [2.75, 3.05) is 0 Å². The highest BCUT2D eigenvalue weighted by atomic mass is 16.4. The van der Waals surface area contributed by atoms with Crippen LogP contribution in [-0.4, -0.2) is 16.6 Å². The molecule has 1 aromatic rings. The number of benzene rings is 1. The Morgan fingerprint density at radius 2 is 2.00 bits per heavy atom. The van der Waals surface area contributed by atoms with Gasteiger partial charge in [-0.3, -0.25) is 10.1 Å². The van der Waals surface area contributed by atoms with E-state index in [9.17, 15) is 4.79 Å². The fourth-order valence-corrected chi connectivity index (χ4v) is 2.86. The number of aliphatic carboxylic acids is 1. The molecule has 0 aromatic heterocycles. The molecule has 2 heterocycles. The molecule has 0 spiro atoms. The van der Waals surface area contributed by atoms with Gasteiger partial charge in [-0.15, -0.1) is 0 Å². The van der Waals surface area contributed by atoms with Crippen molar-refractivity contribution in [1.29, 1.82) is 0 Å². The van der Waals surface area contributed by atoms with Crippen LogP contribution in [0.4, 0.5) is 0 Å². The summed E-state index contributed by atoms with van der Waals surface area (Å²) in [5.41, 5.74) is 0.591. The number of fused-ring (bicyclic) bond motifs is 1. The fourth-order valence-electron chi connectivity index (χ4n) is 2.86. The smallest absolute Gasteiger partial charge is 0.323 e. The molecule has 2 aliphatic heterocycles. The van der Waals surface area contributed by atoms with E-state index in [2.05, 4.69) is 17.4 Å². The minimum atomic E-state index is -0.697. The van der Waals surface area contributed by atoms with Crippen molar-refractivity contribution in [1.82, 2.24) is 5.32 Å². The lowest BCUT2D eigenvalue weighted by Gasteiger charge is -2.32. The largest absolute Gasteiger partial charge is 0.480 e. The van der Waals surface area contributed by atoms with Crippen LogP contribution < -0.4 is 5.32 Å². The quantitative estimate of drug-likeness (QED) is 0.767. The highest BCUT2D eigenvalue weighted by Gasteiger charge is 2.60. The summed E-state index contributed by atoms with van der Waals surface area (Å²) in [7, 11) is 0. The van der Waals surface area contributed by atoms with Crippen LogP contribution in [0.5, 0.6) is 0 Å². The summed E-state index contributed by atoms with van der Waals surface area (Å²) in [6, 6.07) is 10.3. The van der Waals surface area contributed by atoms with Crippen LogP contribution in [0.25, 0.3) is 0 Å². The van der Waals surface area contributed by atoms with Crippen LogP contribution in [0.1, 0.15) is 24.4 Å². The fraction of sp³-hybridized carbons (Fsp3) is 0.417. The Morgan fingerprint density at radius 1 is 1.33 bits per heavy atom. The van der Waals surface area contributed by atoms with E-state index in [1.807, 2.05) is 18.2 Å². The van der Waals surface area contributed by atoms with Crippen molar-refractivity contribution in [2.45, 2.75) is 24.4 Å². The van der Waals surface area contributed by atoms with E-state index in [1.165, 1.54) is 5.56 Å². The van der Waals surface area contributed by atoms with Crippen molar-refractivity contribution in [3.8, 4) is 0 Å². The second kappa shape index (κ2) is 2.83. The summed E-state index contributed by atoms with van der Waals surface area (Å²) in [5.74, 6) is -0.194. The standard InChI is InChI=1S/C12H13NO2/c14-11(15)12-6-9(7-12)10(13-12)8-4-2-1-3-5-8/h1-5,9-10,13H,6-7H2,(H,14,15). The van der Waals surface area contributed by atoms with Gasteiger partial charge >= 0.3 is 5.97 Å². The molecule has 78 valence electrons. The maximum Gasteiger partial charge on any atom is 0.323 e. The lowest BCUT2D eigenvalue weighted by molar-refractivity contribution is -0.147. The Balaban J connectivity index is 1.86. The monoisotopic (exact) mass is 203 g/mol. The Kier molecular flexibility index (Phi) is 1.68. The minimum Gasteiger partial charge on any atom is -0.480 e. The van der Waals surface area contributed by atoms with Crippen LogP contribution in [0.2, 0.25) is 0 Å². The normalized spacial score (nSPS) is 37.3. The third-order valence-electron chi connectivity index (χ3n) is 3.69. The van der Waals surface area contributed by atoms with Crippen molar-refractivity contribution in [3.63, 3.8) is 0 Å². The van der Waals surface area contributed by atoms with Crippen LogP contribution in [0.3, 0.4) is 0 Å². The first-order chi connectivity index (χ1) is 7.21. The SMILES string of the molecule is O=C(O)C12CC(C1)C(c1ccccc1)N2. The van der Waals surface area contributed by atoms with E-state index in [-0.39, 0.29) is 6.04 Å². The van der Waals surface area contributed by atoms with Gasteiger partial charge in [-0.2, -0.15) is 0 Å². The van der Waals surface area contributed by atoms with E-state index in [0.717, 1.165) is 12.8 Å². The second-order valence-electron chi connectivity index (χ2n) is 4.59. The zero-order chi connectivity index (χ0) is 10.5. The maximum atomic E-state index is 11.1. The molecule has 1 aliphatic carbocycles. The van der Waals surface area contributed by atoms with Crippen LogP contribution in [0.15, 0.2) is 30.3 Å². The molecule has 3 nitrogen and oxygen atoms in total. The van der Waals surface area contributed by atoms with Gasteiger partial charge in [-0.1, -0.05) is 30.3 Å². The first-order valence-electron chi connectivity index (χ1n) is 5.27. The number of rotatable bonds is 2. The molecule has 3 fully saturated rings. The molecule has 1 atom stereocenters. The van der Waals surface area contributed by atoms with Gasteiger partial charge in [0.25, 0.3) is 0 Å². The van der Waals surface area contributed by atoms with E-state index in [1.54, 1.807) is 0 Å². The van der Waals surface area contributed by atoms with Gasteiger partial charge in [-0.05, 0) is 24.3 Å². The summed E-state index contributed by atoms with van der Waals surface area (Å²) in [6.07, 6.45) is 1.56. The molecular formula is C12H13NO2. The highest BCUT2D eigenvalue weighted by molar-refractivity contribution is 5.81. The molecule has 0 radical (unpaired) electrons. The number of hydrogen-bond acceptors (Lipinski definition) is 2. The summed E-state index contributed by atoms with van der Waals surface area (Å²) in [6.45, 7) is 0. The number of nitrogens with one attached hydrogen (secondary N) is 1. The van der Waals surface area contributed by atoms with Crippen LogP contribution >= 0.6 is 0 Å². The first-order valence-corrected chi connectivity index (χ1v) is 5.27. The summed E-state index contributed by atoms with van der Waals surface area (Å²) in [5, 5.41) is 12.4. The van der Waals surface area contributed by atoms with Gasteiger partial charge in [0.2, 0.25) is 0 Å². The van der Waals surface area contributed by atoms with E-state index in [0.29, 0.717) is 5.92 Å². The van der Waals surface area contributed by atoms with Gasteiger partial charge in [-0.25, -0.2) is 0 Å². The Morgan fingerprint density at radius 3 is 2.53 bits per heavy atom. The summed E-state index contributed by atoms with van der Waals surface area (Å²) >= 11 is 0. The number of carboxylic acid groups (broad SMARTS) is 1. The molecule has 1 saturated carbocycles. The predicted molar refractivity (Wildman–Crippen MR) is 55.4 cm³/mol. The number of hydrogen-bond donors (Lipinski definition) is 2. The topological polar surface area (TPSA) is 49.3 Å². The molecular weight excluding hydrogens is 190 g/mol. The zero-order valence-electron chi connectivity index (χ0n) is 8.31. The van der Waals surface area contributed by atoms with Gasteiger partial charge < -0.3 is 5.11 Å². The van der Waals surface area contributed by atoms with Gasteiger partial charge in [0.15, 0.2) is 0 Å². The molecule has 2 bridgehead atoms. The van der Waals surface area contributed by atoms with Crippen molar-refractivity contribution in [3.05, 3.63) is 35.9 Å². The molecule has 1 unspecified atom stereocenters. The summed E-state index contributed by atoms with van der Waals surface area (Å²) in [4.78, 5) is 11.1. The molecule has 3 aliphatic rings. The van der Waals surface area contributed by atoms with Crippen molar-refractivity contribution in [2.24, 2.45) is 5.92 Å². The Bertz CT molecular complexity index is 395. The van der Waals surface area contributed by atoms with E-state index < -0.39 is 11.5 Å². The highest BCUT2D eigenvalue weighted by Crippen LogP contribution is 2.53. The Hall–Kier alpha value is -1.35. The molecule has 15 heavy (non-hydrogen) atoms. The lowest BCUT2D eigenvalue weighted by atomic mass is 9.71. The molecule has 2 saturated heterocycles. The number of carboxylic acids is 1. The van der Waals surface area contributed by atoms with Crippen molar-refractivity contribution < 1.29 is 9.90 Å². The third kappa shape index (κ3) is 1.13. The van der Waals surface area contributed by atoms with Gasteiger partial charge in [0.05, 0.1) is 0 Å². The zero-order valence-corrected chi connectivity index (χ0v) is 8.31.